The number of carboxylic acid groups (broad SMARTS) is 2. The topological polar surface area (TPSA) is 205 Å². The quantitative estimate of drug-likeness (QED) is 0.199. The van der Waals surface area contributed by atoms with Crippen molar-refractivity contribution < 1.29 is 34.3 Å². The van der Waals surface area contributed by atoms with Gasteiger partial charge in [0.2, 0.25) is 6.54 Å². The van der Waals surface area contributed by atoms with E-state index in [4.69, 9.17) is 25.5 Å². The Morgan fingerprint density at radius 3 is 2.10 bits per heavy atom. The molecule has 1 aromatic rings. The molecule has 0 bridgehead atoms. The van der Waals surface area contributed by atoms with Crippen LogP contribution in [0.15, 0.2) is 30.3 Å². The zero-order chi connectivity index (χ0) is 21.9. The lowest BCUT2D eigenvalue weighted by Gasteiger charge is -2.07. The average molecular weight is 417 g/mol. The predicted molar refractivity (Wildman–Crippen MR) is 106 cm³/mol. The number of carbonyl (C=O) groups is 3. The maximum absolute atomic E-state index is 11.4. The molecule has 0 aliphatic heterocycles. The molecule has 0 saturated heterocycles. The Hall–Kier alpha value is -3.05. The number of rotatable bonds is 9. The van der Waals surface area contributed by atoms with E-state index in [-0.39, 0.29) is 50.5 Å². The molecule has 11 heteroatoms. The van der Waals surface area contributed by atoms with Crippen LogP contribution in [-0.4, -0.2) is 46.6 Å². The normalized spacial score (nSPS) is 11.0. The molecule has 2 atom stereocenters. The summed E-state index contributed by atoms with van der Waals surface area (Å²) in [6.07, 6.45) is 0.254. The van der Waals surface area contributed by atoms with Crippen molar-refractivity contribution >= 4 is 18.4 Å². The smallest absolute Gasteiger partial charge is 0.306 e. The molecule has 0 aliphatic rings. The number of esters is 1. The number of ether oxygens (including phenoxy) is 1. The van der Waals surface area contributed by atoms with Gasteiger partial charge in [-0.25, -0.2) is 0 Å². The molecule has 7 N–H and O–H groups in total. The lowest BCUT2D eigenvalue weighted by molar-refractivity contribution is -0.487. The van der Waals surface area contributed by atoms with Crippen molar-refractivity contribution in [1.29, 1.82) is 0 Å². The van der Waals surface area contributed by atoms with E-state index in [9.17, 15) is 19.7 Å². The number of nitro groups is 1. The predicted octanol–water partition coefficient (Wildman–Crippen LogP) is 1.95. The van der Waals surface area contributed by atoms with E-state index in [1.165, 1.54) is 0 Å². The van der Waals surface area contributed by atoms with Crippen molar-refractivity contribution in [2.45, 2.75) is 33.3 Å². The Balaban J connectivity index is -0.000000475. The highest BCUT2D eigenvalue weighted by Crippen LogP contribution is 2.06. The summed E-state index contributed by atoms with van der Waals surface area (Å²) >= 11 is 0. The van der Waals surface area contributed by atoms with Crippen LogP contribution in [0, 0.1) is 22.0 Å². The second-order valence-electron chi connectivity index (χ2n) is 6.02. The Morgan fingerprint density at radius 2 is 1.72 bits per heavy atom. The minimum absolute atomic E-state index is 0. The molecule has 0 aliphatic carbocycles. The summed E-state index contributed by atoms with van der Waals surface area (Å²) in [5.74, 6) is -1.37. The van der Waals surface area contributed by atoms with Crippen LogP contribution in [0.2, 0.25) is 0 Å². The van der Waals surface area contributed by atoms with Gasteiger partial charge in [0.25, 0.3) is 6.47 Å². The number of nitrogens with zero attached hydrogens (tertiary/aromatic N) is 1. The van der Waals surface area contributed by atoms with Crippen LogP contribution in [0.25, 0.3) is 0 Å². The third-order valence-electron chi connectivity index (χ3n) is 3.14. The van der Waals surface area contributed by atoms with Gasteiger partial charge in [-0.15, -0.1) is 0 Å². The highest BCUT2D eigenvalue weighted by Gasteiger charge is 2.15. The van der Waals surface area contributed by atoms with E-state index in [1.54, 1.807) is 6.92 Å². The molecule has 0 saturated carbocycles. The standard InChI is InChI=1S/C12H15NO4.C5H11NO2.CH2O2.H3N/c1-10(8-13(15)16)7-12(14)17-9-11-5-3-2-4-6-11;1-4(3-6)2-5(7)8;2-1-3;/h2-6,10H,7-9H2,1H3;4H,2-3,6H2,1H3,(H,7,8);1H,(H,2,3);1H3. The number of nitrogens with two attached hydrogens (primary N) is 1. The number of hydrogen-bond acceptors (Lipinski definition) is 8. The summed E-state index contributed by atoms with van der Waals surface area (Å²) < 4.78 is 5.02. The van der Waals surface area contributed by atoms with Crippen LogP contribution in [0.3, 0.4) is 0 Å². The fourth-order valence-electron chi connectivity index (χ4n) is 1.78. The second-order valence-corrected chi connectivity index (χ2v) is 6.02. The van der Waals surface area contributed by atoms with Gasteiger partial charge < -0.3 is 26.8 Å². The summed E-state index contributed by atoms with van der Waals surface area (Å²) in [5.41, 5.74) is 6.06. The van der Waals surface area contributed by atoms with E-state index >= 15 is 0 Å². The van der Waals surface area contributed by atoms with Gasteiger partial charge in [-0.3, -0.25) is 24.5 Å². The number of hydrogen-bond donors (Lipinski definition) is 4. The van der Waals surface area contributed by atoms with Crippen molar-refractivity contribution in [2.24, 2.45) is 17.6 Å². The van der Waals surface area contributed by atoms with Crippen molar-refractivity contribution in [3.05, 3.63) is 46.0 Å². The minimum atomic E-state index is -0.775. The van der Waals surface area contributed by atoms with Gasteiger partial charge in [-0.1, -0.05) is 44.2 Å². The van der Waals surface area contributed by atoms with Crippen LogP contribution in [0.1, 0.15) is 32.3 Å². The lowest BCUT2D eigenvalue weighted by Crippen LogP contribution is -2.16. The Morgan fingerprint density at radius 1 is 1.21 bits per heavy atom. The Labute approximate surface area is 169 Å². The molecule has 166 valence electrons. The van der Waals surface area contributed by atoms with E-state index in [0.717, 1.165) is 5.56 Å². The molecule has 29 heavy (non-hydrogen) atoms. The molecule has 0 heterocycles. The average Bonchev–Trinajstić information content (AvgIpc) is 2.60. The summed E-state index contributed by atoms with van der Waals surface area (Å²) in [7, 11) is 0. The SMILES string of the molecule is CC(CC(=O)OCc1ccccc1)C[N+](=O)[O-].CC(CN)CC(=O)O.N.O=CO. The zero-order valence-electron chi connectivity index (χ0n) is 16.7. The largest absolute Gasteiger partial charge is 0.483 e. The van der Waals surface area contributed by atoms with Crippen molar-refractivity contribution in [3.63, 3.8) is 0 Å². The summed E-state index contributed by atoms with van der Waals surface area (Å²) in [4.78, 5) is 39.4. The monoisotopic (exact) mass is 417 g/mol. The van der Waals surface area contributed by atoms with E-state index < -0.39 is 16.9 Å². The molecular formula is C18H31N3O8. The number of carbonyl (C=O) groups excluding carboxylic acids is 1. The third kappa shape index (κ3) is 22.9. The number of benzene rings is 1. The highest BCUT2D eigenvalue weighted by molar-refractivity contribution is 5.69. The number of aliphatic carboxylic acids is 1. The van der Waals surface area contributed by atoms with Gasteiger partial charge in [0.05, 0.1) is 6.42 Å². The molecular weight excluding hydrogens is 386 g/mol. The molecule has 0 fully saturated rings. The van der Waals surface area contributed by atoms with Gasteiger partial charge in [0.1, 0.15) is 6.61 Å². The van der Waals surface area contributed by atoms with Gasteiger partial charge in [0, 0.05) is 17.3 Å². The zero-order valence-corrected chi connectivity index (χ0v) is 16.7. The van der Waals surface area contributed by atoms with Crippen molar-refractivity contribution in [2.75, 3.05) is 13.1 Å². The van der Waals surface area contributed by atoms with E-state index in [2.05, 4.69) is 0 Å². The molecule has 2 unspecified atom stereocenters. The first-order valence-corrected chi connectivity index (χ1v) is 8.47. The van der Waals surface area contributed by atoms with Crippen LogP contribution < -0.4 is 11.9 Å². The van der Waals surface area contributed by atoms with Gasteiger partial charge >= 0.3 is 11.9 Å². The molecule has 0 radical (unpaired) electrons. The first kappa shape index (κ1) is 30.7. The fourth-order valence-corrected chi connectivity index (χ4v) is 1.78. The maximum Gasteiger partial charge on any atom is 0.306 e. The Kier molecular flexibility index (Phi) is 20.8. The van der Waals surface area contributed by atoms with Crippen LogP contribution >= 0.6 is 0 Å². The highest BCUT2D eigenvalue weighted by atomic mass is 16.6. The first-order chi connectivity index (χ1) is 13.2. The van der Waals surface area contributed by atoms with Gasteiger partial charge in [-0.2, -0.15) is 0 Å². The summed E-state index contributed by atoms with van der Waals surface area (Å²) in [6.45, 7) is 3.68. The third-order valence-corrected chi connectivity index (χ3v) is 3.14. The summed E-state index contributed by atoms with van der Waals surface area (Å²) in [6, 6.07) is 9.31. The Bertz CT molecular complexity index is 584. The van der Waals surface area contributed by atoms with Crippen LogP contribution in [0.4, 0.5) is 0 Å². The van der Waals surface area contributed by atoms with E-state index in [1.807, 2.05) is 37.3 Å². The molecule has 1 rings (SSSR count). The molecule has 0 aromatic heterocycles. The van der Waals surface area contributed by atoms with Crippen molar-refractivity contribution in [1.82, 2.24) is 6.15 Å². The van der Waals surface area contributed by atoms with Gasteiger partial charge in [0.15, 0.2) is 0 Å². The van der Waals surface area contributed by atoms with E-state index in [0.29, 0.717) is 6.54 Å². The first-order valence-electron chi connectivity index (χ1n) is 8.47. The maximum atomic E-state index is 11.4. The lowest BCUT2D eigenvalue weighted by atomic mass is 10.1. The van der Waals surface area contributed by atoms with Crippen LogP contribution in [0.5, 0.6) is 0 Å². The number of carboxylic acids is 1. The van der Waals surface area contributed by atoms with Crippen LogP contribution in [-0.2, 0) is 25.7 Å². The molecule has 0 amide bonds. The van der Waals surface area contributed by atoms with Gasteiger partial charge in [-0.05, 0) is 18.0 Å². The fraction of sp³-hybridized carbons (Fsp3) is 0.500. The van der Waals surface area contributed by atoms with Crippen molar-refractivity contribution in [3.8, 4) is 0 Å². The molecule has 1 aromatic carbocycles. The minimum Gasteiger partial charge on any atom is -0.483 e. The summed E-state index contributed by atoms with van der Waals surface area (Å²) in [5, 5.41) is 25.3. The molecule has 11 nitrogen and oxygen atoms in total. The second kappa shape index (κ2) is 19.7. The molecule has 0 spiro atoms.